The lowest BCUT2D eigenvalue weighted by atomic mass is 10.1. The van der Waals surface area contributed by atoms with Gasteiger partial charge in [0.05, 0.1) is 5.02 Å². The molecule has 0 saturated carbocycles. The number of anilines is 1. The molecule has 0 atom stereocenters. The summed E-state index contributed by atoms with van der Waals surface area (Å²) in [6.07, 6.45) is 1.69. The van der Waals surface area contributed by atoms with Gasteiger partial charge in [-0.2, -0.15) is 0 Å². The highest BCUT2D eigenvalue weighted by atomic mass is 35.5. The maximum Gasteiger partial charge on any atom is 0.143 e. The van der Waals surface area contributed by atoms with Crippen molar-refractivity contribution in [1.82, 2.24) is 0 Å². The van der Waals surface area contributed by atoms with Crippen LogP contribution in [0.4, 0.5) is 5.69 Å². The van der Waals surface area contributed by atoms with E-state index in [1.807, 2.05) is 6.07 Å². The number of nitrogens with one attached hydrogen (secondary N) is 1. The van der Waals surface area contributed by atoms with Gasteiger partial charge in [0, 0.05) is 22.8 Å². The summed E-state index contributed by atoms with van der Waals surface area (Å²) in [5.41, 5.74) is 4.43. The topological polar surface area (TPSA) is 21.3 Å². The van der Waals surface area contributed by atoms with Gasteiger partial charge in [0.2, 0.25) is 0 Å². The predicted octanol–water partition coefficient (Wildman–Crippen LogP) is 5.79. The monoisotopic (exact) mass is 335 g/mol. The van der Waals surface area contributed by atoms with E-state index in [0.29, 0.717) is 28.9 Å². The Morgan fingerprint density at radius 3 is 2.64 bits per heavy atom. The molecule has 0 spiro atoms. The van der Waals surface area contributed by atoms with Crippen LogP contribution in [-0.4, -0.2) is 6.61 Å². The van der Waals surface area contributed by atoms with E-state index >= 15 is 0 Å². The van der Waals surface area contributed by atoms with Gasteiger partial charge < -0.3 is 10.1 Å². The third-order valence-electron chi connectivity index (χ3n) is 3.28. The molecule has 0 unspecified atom stereocenters. The summed E-state index contributed by atoms with van der Waals surface area (Å²) in [4.78, 5) is 0. The molecule has 0 saturated heterocycles. The van der Waals surface area contributed by atoms with Crippen molar-refractivity contribution >= 4 is 28.9 Å². The Balaban J connectivity index is 2.22. The second kappa shape index (κ2) is 7.57. The van der Waals surface area contributed by atoms with Gasteiger partial charge in [-0.1, -0.05) is 53.6 Å². The van der Waals surface area contributed by atoms with Crippen LogP contribution in [0.2, 0.25) is 10.0 Å². The molecule has 1 N–H and O–H groups in total. The van der Waals surface area contributed by atoms with E-state index in [1.54, 1.807) is 12.1 Å². The first-order chi connectivity index (χ1) is 10.5. The predicted molar refractivity (Wildman–Crippen MR) is 95.4 cm³/mol. The fourth-order valence-electron chi connectivity index (χ4n) is 2.25. The molecule has 22 heavy (non-hydrogen) atoms. The summed E-state index contributed by atoms with van der Waals surface area (Å²) in [5.74, 6) is 0.642. The molecule has 116 valence electrons. The highest BCUT2D eigenvalue weighted by Gasteiger charge is 2.11. The van der Waals surface area contributed by atoms with Crippen molar-refractivity contribution in [3.63, 3.8) is 0 Å². The van der Waals surface area contributed by atoms with Crippen molar-refractivity contribution in [3.8, 4) is 5.75 Å². The highest BCUT2D eigenvalue weighted by molar-refractivity contribution is 6.35. The van der Waals surface area contributed by atoms with E-state index in [0.717, 1.165) is 11.3 Å². The fourth-order valence-corrected chi connectivity index (χ4v) is 2.84. The minimum Gasteiger partial charge on any atom is -0.488 e. The van der Waals surface area contributed by atoms with E-state index in [-0.39, 0.29) is 0 Å². The molecule has 0 radical (unpaired) electrons. The van der Waals surface area contributed by atoms with Gasteiger partial charge in [-0.05, 0) is 37.6 Å². The van der Waals surface area contributed by atoms with Crippen molar-refractivity contribution in [2.75, 3.05) is 11.9 Å². The van der Waals surface area contributed by atoms with E-state index in [1.165, 1.54) is 11.1 Å². The zero-order valence-electron chi connectivity index (χ0n) is 12.7. The van der Waals surface area contributed by atoms with Crippen LogP contribution in [0.25, 0.3) is 0 Å². The van der Waals surface area contributed by atoms with Crippen molar-refractivity contribution in [3.05, 3.63) is 69.7 Å². The minimum atomic E-state index is 0.401. The number of benzene rings is 2. The molecule has 2 aromatic carbocycles. The van der Waals surface area contributed by atoms with Crippen molar-refractivity contribution < 1.29 is 4.74 Å². The summed E-state index contributed by atoms with van der Waals surface area (Å²) >= 11 is 12.3. The molecular formula is C18H19Cl2NO. The Morgan fingerprint density at radius 2 is 1.95 bits per heavy atom. The van der Waals surface area contributed by atoms with Crippen LogP contribution in [0, 0.1) is 13.8 Å². The van der Waals surface area contributed by atoms with Gasteiger partial charge in [-0.3, -0.25) is 0 Å². The molecule has 0 aromatic heterocycles. The van der Waals surface area contributed by atoms with E-state index in [2.05, 4.69) is 43.9 Å². The van der Waals surface area contributed by atoms with Gasteiger partial charge in [-0.25, -0.2) is 0 Å². The summed E-state index contributed by atoms with van der Waals surface area (Å²) < 4.78 is 5.66. The lowest BCUT2D eigenvalue weighted by Gasteiger charge is -2.15. The molecule has 4 heteroatoms. The largest absolute Gasteiger partial charge is 0.488 e. The number of hydrogen-bond acceptors (Lipinski definition) is 2. The lowest BCUT2D eigenvalue weighted by molar-refractivity contribution is 0.360. The zero-order valence-corrected chi connectivity index (χ0v) is 14.3. The lowest BCUT2D eigenvalue weighted by Crippen LogP contribution is -2.05. The number of rotatable bonds is 6. The maximum atomic E-state index is 6.23. The van der Waals surface area contributed by atoms with Gasteiger partial charge >= 0.3 is 0 Å². The number of ether oxygens (including phenoxy) is 1. The smallest absolute Gasteiger partial charge is 0.143 e. The van der Waals surface area contributed by atoms with Crippen molar-refractivity contribution in [1.29, 1.82) is 0 Å². The van der Waals surface area contributed by atoms with Crippen LogP contribution in [-0.2, 0) is 6.54 Å². The number of hydrogen-bond donors (Lipinski definition) is 1. The average Bonchev–Trinajstić information content (AvgIpc) is 2.45. The van der Waals surface area contributed by atoms with Gasteiger partial charge in [0.25, 0.3) is 0 Å². The SMILES string of the molecule is C=CCOc1c(Cl)cc(Cl)cc1CNc1ccc(C)cc1C. The second-order valence-corrected chi connectivity index (χ2v) is 5.99. The molecule has 2 nitrogen and oxygen atoms in total. The molecular weight excluding hydrogens is 317 g/mol. The van der Waals surface area contributed by atoms with E-state index in [9.17, 15) is 0 Å². The standard InChI is InChI=1S/C18H19Cl2NO/c1-4-7-22-18-14(9-15(19)10-16(18)20)11-21-17-6-5-12(2)8-13(17)3/h4-6,8-10,21H,1,7,11H2,2-3H3. The number of aryl methyl sites for hydroxylation is 2. The van der Waals surface area contributed by atoms with Crippen LogP contribution >= 0.6 is 23.2 Å². The average molecular weight is 336 g/mol. The minimum absolute atomic E-state index is 0.401. The summed E-state index contributed by atoms with van der Waals surface area (Å²) in [6.45, 7) is 8.79. The van der Waals surface area contributed by atoms with Crippen molar-refractivity contribution in [2.45, 2.75) is 20.4 Å². The van der Waals surface area contributed by atoms with E-state index in [4.69, 9.17) is 27.9 Å². The zero-order chi connectivity index (χ0) is 16.1. The molecule has 2 rings (SSSR count). The Bertz CT molecular complexity index is 683. The van der Waals surface area contributed by atoms with Crippen molar-refractivity contribution in [2.24, 2.45) is 0 Å². The first-order valence-electron chi connectivity index (χ1n) is 7.04. The quantitative estimate of drug-likeness (QED) is 0.675. The molecule has 0 aliphatic rings. The Labute approximate surface area is 141 Å². The summed E-state index contributed by atoms with van der Waals surface area (Å²) in [6, 6.07) is 9.84. The Kier molecular flexibility index (Phi) is 5.76. The van der Waals surface area contributed by atoms with Gasteiger partial charge in [0.1, 0.15) is 12.4 Å². The maximum absolute atomic E-state index is 6.23. The molecule has 0 aliphatic carbocycles. The highest BCUT2D eigenvalue weighted by Crippen LogP contribution is 2.33. The second-order valence-electron chi connectivity index (χ2n) is 5.15. The van der Waals surface area contributed by atoms with Crippen LogP contribution < -0.4 is 10.1 Å². The normalized spacial score (nSPS) is 10.4. The first-order valence-corrected chi connectivity index (χ1v) is 7.79. The summed E-state index contributed by atoms with van der Waals surface area (Å²) in [7, 11) is 0. The molecule has 0 amide bonds. The van der Waals surface area contributed by atoms with Gasteiger partial charge in [0.15, 0.2) is 0 Å². The van der Waals surface area contributed by atoms with Crippen LogP contribution in [0.3, 0.4) is 0 Å². The molecule has 0 aliphatic heterocycles. The first kappa shape index (κ1) is 16.7. The fraction of sp³-hybridized carbons (Fsp3) is 0.222. The molecule has 0 heterocycles. The number of halogens is 2. The third kappa shape index (κ3) is 4.19. The Hall–Kier alpha value is -1.64. The van der Waals surface area contributed by atoms with E-state index < -0.39 is 0 Å². The molecule has 0 fully saturated rings. The molecule has 2 aromatic rings. The van der Waals surface area contributed by atoms with Gasteiger partial charge in [-0.15, -0.1) is 0 Å². The van der Waals surface area contributed by atoms with Crippen LogP contribution in [0.5, 0.6) is 5.75 Å². The van der Waals surface area contributed by atoms with Crippen LogP contribution in [0.15, 0.2) is 43.0 Å². The molecule has 0 bridgehead atoms. The van der Waals surface area contributed by atoms with Crippen LogP contribution in [0.1, 0.15) is 16.7 Å². The Morgan fingerprint density at radius 1 is 1.18 bits per heavy atom. The summed E-state index contributed by atoms with van der Waals surface area (Å²) in [5, 5.41) is 4.50. The third-order valence-corrected chi connectivity index (χ3v) is 3.78.